The summed E-state index contributed by atoms with van der Waals surface area (Å²) >= 11 is 0. The Morgan fingerprint density at radius 2 is 1.48 bits per heavy atom. The average molecular weight is 842 g/mol. The van der Waals surface area contributed by atoms with Crippen molar-refractivity contribution in [3.8, 4) is 28.9 Å². The molecule has 1 aromatic heterocycles. The van der Waals surface area contributed by atoms with Crippen LogP contribution in [0.1, 0.15) is 26.3 Å². The van der Waals surface area contributed by atoms with E-state index in [2.05, 4.69) is 52.2 Å². The lowest BCUT2D eigenvalue weighted by atomic mass is 9.86. The Morgan fingerprint density at radius 3 is 2.21 bits per heavy atom. The number of carbonyl (C=O) groups excluding carboxylic acids is 1. The Bertz CT molecular complexity index is 2200. The normalized spacial score (nSPS) is 13.1. The number of aromatic nitrogens is 2. The van der Waals surface area contributed by atoms with E-state index >= 15 is 0 Å². The molecule has 17 heteroatoms. The molecule has 4 N–H and O–H groups in total. The minimum atomic E-state index is -0.464. The van der Waals surface area contributed by atoms with Crippen LogP contribution in [-0.2, 0) is 29.3 Å². The lowest BCUT2D eigenvalue weighted by molar-refractivity contribution is -0.172. The first-order chi connectivity index (χ1) is 29.6. The molecule has 0 radical (unpaired) electrons. The van der Waals surface area contributed by atoms with Gasteiger partial charge in [-0.25, -0.2) is 15.3 Å². The molecule has 61 heavy (non-hydrogen) atoms. The van der Waals surface area contributed by atoms with Crippen LogP contribution in [0.15, 0.2) is 79.0 Å². The maximum Gasteiger partial charge on any atom is 0.323 e. The quantitative estimate of drug-likeness (QED) is 0.0416. The Hall–Kier alpha value is -5.95. The Balaban J connectivity index is 1.12. The molecule has 1 aliphatic rings. The number of hydrogen-bond donors (Lipinski definition) is 4. The van der Waals surface area contributed by atoms with Crippen molar-refractivity contribution in [2.45, 2.75) is 26.2 Å². The summed E-state index contributed by atoms with van der Waals surface area (Å²) in [6.45, 7) is 11.4. The van der Waals surface area contributed by atoms with Gasteiger partial charge in [0.2, 0.25) is 11.8 Å². The zero-order valence-electron chi connectivity index (χ0n) is 35.5. The molecule has 326 valence electrons. The number of methoxy groups -OCH3 is 3. The highest BCUT2D eigenvalue weighted by molar-refractivity contribution is 6.08. The highest BCUT2D eigenvalue weighted by Gasteiger charge is 2.23. The molecule has 0 aliphatic carbocycles. The molecule has 17 nitrogen and oxygen atoms in total. The molecule has 2 amide bonds. The molecule has 0 atom stereocenters. The first-order valence-corrected chi connectivity index (χ1v) is 20.0. The van der Waals surface area contributed by atoms with Gasteiger partial charge in [0.1, 0.15) is 29.5 Å². The number of nitrogens with zero attached hydrogens (tertiary/aromatic N) is 3. The number of ether oxygens (including phenoxy) is 8. The van der Waals surface area contributed by atoms with Crippen LogP contribution in [0.3, 0.4) is 0 Å². The second kappa shape index (κ2) is 22.1. The van der Waals surface area contributed by atoms with E-state index in [-0.39, 0.29) is 5.41 Å². The molecule has 0 unspecified atom stereocenters. The van der Waals surface area contributed by atoms with Crippen molar-refractivity contribution in [2.24, 2.45) is 0 Å². The summed E-state index contributed by atoms with van der Waals surface area (Å²) in [5, 5.41) is 12.5. The maximum absolute atomic E-state index is 13.7. The number of fused-ring (bicyclic) bond motifs is 1. The summed E-state index contributed by atoms with van der Waals surface area (Å²) in [5.74, 6) is 2.71. The van der Waals surface area contributed by atoms with Crippen molar-refractivity contribution < 1.29 is 47.6 Å². The van der Waals surface area contributed by atoms with Gasteiger partial charge in [-0.15, -0.1) is 0 Å². The van der Waals surface area contributed by atoms with Crippen LogP contribution in [0.4, 0.5) is 33.5 Å². The monoisotopic (exact) mass is 841 g/mol. The van der Waals surface area contributed by atoms with Crippen LogP contribution in [0.2, 0.25) is 0 Å². The molecular formula is C44H55N7O10. The lowest BCUT2D eigenvalue weighted by Crippen LogP contribution is -2.37. The fourth-order valence-electron chi connectivity index (χ4n) is 6.18. The van der Waals surface area contributed by atoms with Crippen molar-refractivity contribution in [1.82, 2.24) is 15.0 Å². The Kier molecular flexibility index (Phi) is 16.1. The van der Waals surface area contributed by atoms with Crippen LogP contribution in [0.25, 0.3) is 10.8 Å². The molecule has 1 saturated heterocycles. The second-order valence-electron chi connectivity index (χ2n) is 14.7. The number of urea groups is 1. The van der Waals surface area contributed by atoms with Gasteiger partial charge in [-0.2, -0.15) is 15.0 Å². The van der Waals surface area contributed by atoms with Crippen molar-refractivity contribution in [3.05, 3.63) is 84.6 Å². The minimum absolute atomic E-state index is 0.244. The molecule has 0 saturated carbocycles. The highest BCUT2D eigenvalue weighted by atomic mass is 16.8. The van der Waals surface area contributed by atoms with E-state index in [0.29, 0.717) is 124 Å². The number of nitrogens with one attached hydrogen (secondary N) is 4. The van der Waals surface area contributed by atoms with Crippen LogP contribution in [0.5, 0.6) is 28.9 Å². The van der Waals surface area contributed by atoms with Crippen molar-refractivity contribution >= 4 is 45.5 Å². The fraction of sp³-hybridized carbons (Fsp3) is 0.386. The van der Waals surface area contributed by atoms with E-state index in [0.717, 1.165) is 16.3 Å². The van der Waals surface area contributed by atoms with E-state index in [9.17, 15) is 4.79 Å². The van der Waals surface area contributed by atoms with E-state index in [1.54, 1.807) is 62.9 Å². The highest BCUT2D eigenvalue weighted by Crippen LogP contribution is 2.40. The number of carbonyl (C=O) groups is 1. The van der Waals surface area contributed by atoms with Gasteiger partial charge in [-0.1, -0.05) is 45.0 Å². The SMILES string of the molecule is COCCOCCOCCOc1cc(Nc2nccc(Oc3ccc(NC(=O)Nc4cc(C(C)(C)C)cc(NON5CCOCC5)c4OC)c4ccccc34)n2)cc(OC)c1. The number of hydroxylamine groups is 2. The third kappa shape index (κ3) is 13.0. The predicted octanol–water partition coefficient (Wildman–Crippen LogP) is 7.77. The van der Waals surface area contributed by atoms with Gasteiger partial charge in [0.15, 0.2) is 5.75 Å². The van der Waals surface area contributed by atoms with E-state index in [1.165, 1.54) is 0 Å². The van der Waals surface area contributed by atoms with Gasteiger partial charge >= 0.3 is 6.03 Å². The molecular weight excluding hydrogens is 787 g/mol. The van der Waals surface area contributed by atoms with Crippen LogP contribution in [-0.4, -0.2) is 108 Å². The van der Waals surface area contributed by atoms with Gasteiger partial charge in [0, 0.05) is 54.0 Å². The third-order valence-electron chi connectivity index (χ3n) is 9.31. The van der Waals surface area contributed by atoms with Crippen molar-refractivity contribution in [1.29, 1.82) is 0 Å². The van der Waals surface area contributed by atoms with Gasteiger partial charge in [-0.05, 0) is 35.2 Å². The Labute approximate surface area is 355 Å². The van der Waals surface area contributed by atoms with Crippen molar-refractivity contribution in [3.63, 3.8) is 0 Å². The summed E-state index contributed by atoms with van der Waals surface area (Å²) in [7, 11) is 4.76. The summed E-state index contributed by atoms with van der Waals surface area (Å²) in [5.41, 5.74) is 6.00. The zero-order chi connectivity index (χ0) is 43.0. The van der Waals surface area contributed by atoms with Gasteiger partial charge in [0.25, 0.3) is 0 Å². The van der Waals surface area contributed by atoms with Crippen LogP contribution in [0, 0.1) is 0 Å². The minimum Gasteiger partial charge on any atom is -0.497 e. The fourth-order valence-corrected chi connectivity index (χ4v) is 6.18. The smallest absolute Gasteiger partial charge is 0.323 e. The number of benzene rings is 4. The molecule has 0 spiro atoms. The van der Waals surface area contributed by atoms with Gasteiger partial charge in [0.05, 0.1) is 84.9 Å². The van der Waals surface area contributed by atoms with E-state index in [4.69, 9.17) is 42.8 Å². The molecule has 2 heterocycles. The van der Waals surface area contributed by atoms with Crippen LogP contribution < -0.4 is 40.4 Å². The predicted molar refractivity (Wildman–Crippen MR) is 233 cm³/mol. The average Bonchev–Trinajstić information content (AvgIpc) is 3.26. The Morgan fingerprint density at radius 1 is 0.770 bits per heavy atom. The first kappa shape index (κ1) is 44.6. The first-order valence-electron chi connectivity index (χ1n) is 20.0. The molecule has 6 rings (SSSR count). The van der Waals surface area contributed by atoms with E-state index in [1.807, 2.05) is 42.5 Å². The molecule has 0 bridgehead atoms. The number of rotatable bonds is 21. The second-order valence-corrected chi connectivity index (χ2v) is 14.7. The third-order valence-corrected chi connectivity index (χ3v) is 9.31. The molecule has 5 aromatic rings. The molecule has 4 aromatic carbocycles. The largest absolute Gasteiger partial charge is 0.497 e. The zero-order valence-corrected chi connectivity index (χ0v) is 35.5. The summed E-state index contributed by atoms with van der Waals surface area (Å²) in [4.78, 5) is 28.5. The number of morpholine rings is 1. The lowest BCUT2D eigenvalue weighted by Gasteiger charge is -2.27. The van der Waals surface area contributed by atoms with Crippen molar-refractivity contribution in [2.75, 3.05) is 109 Å². The number of hydrogen-bond acceptors (Lipinski definition) is 15. The van der Waals surface area contributed by atoms with Gasteiger partial charge < -0.3 is 53.8 Å². The molecule has 1 aliphatic heterocycles. The van der Waals surface area contributed by atoms with Crippen LogP contribution >= 0.6 is 0 Å². The number of anilines is 5. The standard InChI is InChI=1S/C44H55N7O10/c1-44(2,3)30-25-37(41(55-6)38(26-30)50-61-51-15-17-56-18-16-51)48-43(52)47-36-11-12-39(35-10-8-7-9-34(35)36)60-40-13-14-45-42(49-40)46-31-27-32(54-5)29-33(28-31)59-24-23-58-22-21-57-20-19-53-4/h7-14,25-29,50H,15-24H2,1-6H3,(H,45,46,49)(H2,47,48,52). The summed E-state index contributed by atoms with van der Waals surface area (Å²) in [6.07, 6.45) is 1.60. The summed E-state index contributed by atoms with van der Waals surface area (Å²) in [6, 6.07) is 21.6. The van der Waals surface area contributed by atoms with E-state index < -0.39 is 6.03 Å². The summed E-state index contributed by atoms with van der Waals surface area (Å²) < 4.78 is 44.9. The maximum atomic E-state index is 13.7. The molecule has 1 fully saturated rings. The topological polar surface area (TPSA) is 177 Å². The number of amides is 2. The van der Waals surface area contributed by atoms with Gasteiger partial charge in [-0.3, -0.25) is 0 Å².